The number of aryl methyl sites for hydroxylation is 2. The van der Waals surface area contributed by atoms with Crippen LogP contribution in [0.4, 0.5) is 10.1 Å². The molecule has 0 atom stereocenters. The summed E-state index contributed by atoms with van der Waals surface area (Å²) >= 11 is 0. The molecule has 0 spiro atoms. The molecule has 168 valence electrons. The highest BCUT2D eigenvalue weighted by Crippen LogP contribution is 2.25. The summed E-state index contributed by atoms with van der Waals surface area (Å²) < 4.78 is 14.6. The van der Waals surface area contributed by atoms with E-state index in [1.54, 1.807) is 0 Å². The van der Waals surface area contributed by atoms with Gasteiger partial charge < -0.3 is 0 Å². The quantitative estimate of drug-likeness (QED) is 0.598. The summed E-state index contributed by atoms with van der Waals surface area (Å²) in [6.45, 7) is 3.76. The second kappa shape index (κ2) is 9.03. The van der Waals surface area contributed by atoms with Gasteiger partial charge in [0.1, 0.15) is 17.2 Å². The predicted octanol–water partition coefficient (Wildman–Crippen LogP) is 2.57. The molecule has 2 heterocycles. The Morgan fingerprint density at radius 1 is 1.00 bits per heavy atom. The van der Waals surface area contributed by atoms with Crippen LogP contribution in [0.25, 0.3) is 5.69 Å². The van der Waals surface area contributed by atoms with Crippen LogP contribution >= 0.6 is 0 Å². The first-order chi connectivity index (χ1) is 15.8. The second-order valence-electron chi connectivity index (χ2n) is 7.58. The number of benzene rings is 2. The Hall–Kier alpha value is -4.34. The van der Waals surface area contributed by atoms with Crippen LogP contribution in [0.15, 0.2) is 60.1 Å². The zero-order valence-electron chi connectivity index (χ0n) is 18.0. The van der Waals surface area contributed by atoms with Crippen molar-refractivity contribution < 1.29 is 18.8 Å². The van der Waals surface area contributed by atoms with Gasteiger partial charge >= 0.3 is 0 Å². The molecule has 0 fully saturated rings. The molecule has 2 aromatic carbocycles. The van der Waals surface area contributed by atoms with E-state index < -0.39 is 17.6 Å². The van der Waals surface area contributed by atoms with Gasteiger partial charge in [0.25, 0.3) is 11.8 Å². The number of halogens is 1. The van der Waals surface area contributed by atoms with Gasteiger partial charge in [-0.1, -0.05) is 12.1 Å². The number of aromatic nitrogens is 2. The van der Waals surface area contributed by atoms with E-state index in [0.717, 1.165) is 11.1 Å². The van der Waals surface area contributed by atoms with Crippen LogP contribution in [-0.4, -0.2) is 33.0 Å². The van der Waals surface area contributed by atoms with Crippen molar-refractivity contribution in [2.45, 2.75) is 26.7 Å². The van der Waals surface area contributed by atoms with Crippen molar-refractivity contribution in [3.8, 4) is 5.69 Å². The zero-order chi connectivity index (χ0) is 23.5. The number of hydrogen-bond acceptors (Lipinski definition) is 5. The van der Waals surface area contributed by atoms with E-state index in [9.17, 15) is 18.8 Å². The smallest absolute Gasteiger partial charge is 0.288 e. The third-order valence-corrected chi connectivity index (χ3v) is 5.15. The molecule has 1 aromatic heterocycles. The molecule has 10 heteroatoms. The first kappa shape index (κ1) is 21.9. The van der Waals surface area contributed by atoms with Crippen LogP contribution < -0.4 is 15.9 Å². The number of rotatable bonds is 4. The first-order valence-corrected chi connectivity index (χ1v) is 10.2. The molecule has 0 bridgehead atoms. The molecule has 0 radical (unpaired) electrons. The number of hydrogen-bond donors (Lipinski definition) is 2. The normalized spacial score (nSPS) is 13.5. The fourth-order valence-electron chi connectivity index (χ4n) is 3.37. The lowest BCUT2D eigenvalue weighted by Gasteiger charge is -2.24. The topological polar surface area (TPSA) is 109 Å². The van der Waals surface area contributed by atoms with Gasteiger partial charge in [-0.15, -0.1) is 0 Å². The Balaban J connectivity index is 1.47. The molecule has 3 amide bonds. The van der Waals surface area contributed by atoms with Gasteiger partial charge in [-0.3, -0.25) is 29.8 Å². The minimum Gasteiger partial charge on any atom is -0.295 e. The Morgan fingerprint density at radius 2 is 1.73 bits per heavy atom. The maximum Gasteiger partial charge on any atom is 0.288 e. The fourth-order valence-corrected chi connectivity index (χ4v) is 3.37. The second-order valence-corrected chi connectivity index (χ2v) is 7.58. The number of carbonyl (C=O) groups is 3. The van der Waals surface area contributed by atoms with Gasteiger partial charge in [-0.25, -0.2) is 14.4 Å². The number of nitrogens with zero attached hydrogens (tertiary/aromatic N) is 4. The molecule has 0 unspecified atom stereocenters. The largest absolute Gasteiger partial charge is 0.295 e. The zero-order valence-corrected chi connectivity index (χ0v) is 18.0. The van der Waals surface area contributed by atoms with Crippen molar-refractivity contribution in [2.75, 3.05) is 5.01 Å². The summed E-state index contributed by atoms with van der Waals surface area (Å²) in [5, 5.41) is 5.46. The minimum absolute atomic E-state index is 0.114. The average Bonchev–Trinajstić information content (AvgIpc) is 3.30. The van der Waals surface area contributed by atoms with Crippen LogP contribution in [0.2, 0.25) is 0 Å². The van der Waals surface area contributed by atoms with E-state index in [1.165, 1.54) is 46.4 Å². The Bertz CT molecular complexity index is 1270. The molecule has 33 heavy (non-hydrogen) atoms. The molecule has 0 aliphatic carbocycles. The number of imidazole rings is 1. The highest BCUT2D eigenvalue weighted by atomic mass is 19.1. The van der Waals surface area contributed by atoms with Crippen molar-refractivity contribution in [3.63, 3.8) is 0 Å². The summed E-state index contributed by atoms with van der Waals surface area (Å²) in [7, 11) is 0. The van der Waals surface area contributed by atoms with Crippen LogP contribution in [-0.2, 0) is 9.59 Å². The van der Waals surface area contributed by atoms with Gasteiger partial charge in [-0.05, 0) is 55.3 Å². The molecular formula is C23H21FN6O3. The molecule has 1 aliphatic rings. The highest BCUT2D eigenvalue weighted by Gasteiger charge is 2.27. The molecule has 9 nitrogen and oxygen atoms in total. The van der Waals surface area contributed by atoms with E-state index in [0.29, 0.717) is 11.4 Å². The van der Waals surface area contributed by atoms with Crippen LogP contribution in [0, 0.1) is 19.7 Å². The van der Waals surface area contributed by atoms with Crippen molar-refractivity contribution in [3.05, 3.63) is 77.6 Å². The van der Waals surface area contributed by atoms with Gasteiger partial charge in [0.2, 0.25) is 5.91 Å². The standard InChI is InChI=1S/C23H21FN6O3/c1-14-3-4-15(2)19(11-14)30-21(31)10-9-18(28-30)22(32)26-27-23(33)20-12-25-13-29(20)17-7-5-16(24)6-8-17/h3-8,11-13H,9-10H2,1-2H3,(H,26,32)(H,27,33). The molecule has 0 saturated heterocycles. The fraction of sp³-hybridized carbons (Fsp3) is 0.174. The summed E-state index contributed by atoms with van der Waals surface area (Å²) in [4.78, 5) is 41.6. The third kappa shape index (κ3) is 4.64. The molecule has 1 aliphatic heterocycles. The molecule has 2 N–H and O–H groups in total. The Labute approximate surface area is 188 Å². The van der Waals surface area contributed by atoms with Crippen molar-refractivity contribution in [2.24, 2.45) is 5.10 Å². The summed E-state index contributed by atoms with van der Waals surface area (Å²) in [5.74, 6) is -1.87. The lowest BCUT2D eigenvalue weighted by molar-refractivity contribution is -0.119. The SMILES string of the molecule is Cc1ccc(C)c(N2N=C(C(=O)NNC(=O)c3cncn3-c3ccc(F)cc3)CCC2=O)c1. The molecule has 3 aromatic rings. The first-order valence-electron chi connectivity index (χ1n) is 10.2. The van der Waals surface area contributed by atoms with E-state index in [2.05, 4.69) is 20.9 Å². The number of nitrogens with one attached hydrogen (secondary N) is 2. The van der Waals surface area contributed by atoms with Gasteiger partial charge in [0.15, 0.2) is 0 Å². The number of hydrazine groups is 1. The van der Waals surface area contributed by atoms with Crippen LogP contribution in [0.3, 0.4) is 0 Å². The van der Waals surface area contributed by atoms with Crippen molar-refractivity contribution >= 4 is 29.1 Å². The molecule has 4 rings (SSSR count). The van der Waals surface area contributed by atoms with E-state index in [4.69, 9.17) is 0 Å². The maximum atomic E-state index is 13.2. The monoisotopic (exact) mass is 448 g/mol. The Morgan fingerprint density at radius 3 is 2.48 bits per heavy atom. The summed E-state index contributed by atoms with van der Waals surface area (Å²) in [6, 6.07) is 11.2. The third-order valence-electron chi connectivity index (χ3n) is 5.15. The predicted molar refractivity (Wildman–Crippen MR) is 119 cm³/mol. The summed E-state index contributed by atoms with van der Waals surface area (Å²) in [6.07, 6.45) is 2.99. The number of hydrazone groups is 1. The van der Waals surface area contributed by atoms with E-state index >= 15 is 0 Å². The molecule has 0 saturated carbocycles. The average molecular weight is 448 g/mol. The van der Waals surface area contributed by atoms with Crippen LogP contribution in [0.5, 0.6) is 0 Å². The van der Waals surface area contributed by atoms with Crippen LogP contribution in [0.1, 0.15) is 34.5 Å². The van der Waals surface area contributed by atoms with Crippen molar-refractivity contribution in [1.29, 1.82) is 0 Å². The molecular weight excluding hydrogens is 427 g/mol. The van der Waals surface area contributed by atoms with E-state index in [1.807, 2.05) is 32.0 Å². The minimum atomic E-state index is -0.626. The van der Waals surface area contributed by atoms with Gasteiger partial charge in [0.05, 0.1) is 18.2 Å². The van der Waals surface area contributed by atoms with Gasteiger partial charge in [-0.2, -0.15) is 5.10 Å². The highest BCUT2D eigenvalue weighted by molar-refractivity contribution is 6.40. The summed E-state index contributed by atoms with van der Waals surface area (Å²) in [5.41, 5.74) is 7.87. The Kier molecular flexibility index (Phi) is 5.99. The lowest BCUT2D eigenvalue weighted by atomic mass is 10.1. The number of amides is 3. The van der Waals surface area contributed by atoms with Gasteiger partial charge in [0, 0.05) is 18.5 Å². The number of anilines is 1. The maximum absolute atomic E-state index is 13.2. The van der Waals surface area contributed by atoms with Crippen molar-refractivity contribution in [1.82, 2.24) is 20.4 Å². The van der Waals surface area contributed by atoms with E-state index in [-0.39, 0.29) is 30.2 Å². The number of carbonyl (C=O) groups excluding carboxylic acids is 3. The lowest BCUT2D eigenvalue weighted by Crippen LogP contribution is -2.47.